The van der Waals surface area contributed by atoms with E-state index in [-0.39, 0.29) is 17.4 Å². The van der Waals surface area contributed by atoms with E-state index in [0.29, 0.717) is 39.3 Å². The van der Waals surface area contributed by atoms with Gasteiger partial charge in [-0.05, 0) is 22.8 Å². The van der Waals surface area contributed by atoms with Gasteiger partial charge in [0, 0.05) is 13.1 Å². The Kier molecular flexibility index (Phi) is 9.69. The molecule has 0 aliphatic carbocycles. The predicted octanol–water partition coefficient (Wildman–Crippen LogP) is 3.51. The fourth-order valence-corrected chi connectivity index (χ4v) is 3.14. The van der Waals surface area contributed by atoms with Crippen molar-refractivity contribution in [1.29, 1.82) is 5.26 Å². The Morgan fingerprint density at radius 2 is 1.79 bits per heavy atom. The lowest BCUT2D eigenvalue weighted by Crippen LogP contribution is -2.50. The van der Waals surface area contributed by atoms with Gasteiger partial charge in [-0.1, -0.05) is 65.0 Å². The number of nitrogens with zero attached hydrogens (tertiary/aromatic N) is 2. The highest BCUT2D eigenvalue weighted by Crippen LogP contribution is 2.42. The maximum absolute atomic E-state index is 13.1. The Bertz CT molecular complexity index is 808. The largest absolute Gasteiger partial charge is 0.436 e. The number of nitriles is 1. The molecule has 1 aromatic carbocycles. The van der Waals surface area contributed by atoms with E-state index in [9.17, 15) is 14.9 Å². The second-order valence-electron chi connectivity index (χ2n) is 10.0. The van der Waals surface area contributed by atoms with Crippen molar-refractivity contribution in [3.63, 3.8) is 0 Å². The van der Waals surface area contributed by atoms with E-state index in [2.05, 4.69) is 32.2 Å². The number of carbonyl (C=O) groups is 2. The van der Waals surface area contributed by atoms with E-state index in [1.165, 1.54) is 0 Å². The molecule has 0 bridgehead atoms. The van der Waals surface area contributed by atoms with Crippen LogP contribution in [0.5, 0.6) is 0 Å². The predicted molar refractivity (Wildman–Crippen MR) is 124 cm³/mol. The van der Waals surface area contributed by atoms with Crippen molar-refractivity contribution < 1.29 is 23.8 Å². The summed E-state index contributed by atoms with van der Waals surface area (Å²) in [7, 11) is 0. The molecule has 0 aromatic heterocycles. The number of carbonyl (C=O) groups excluding carboxylic acids is 2. The highest BCUT2D eigenvalue weighted by molar-refractivity contribution is 5.84. The summed E-state index contributed by atoms with van der Waals surface area (Å²) in [5.41, 5.74) is 0.529. The molecule has 0 saturated carbocycles. The average molecular weight is 460 g/mol. The van der Waals surface area contributed by atoms with Gasteiger partial charge in [0.15, 0.2) is 6.10 Å². The molecule has 1 N–H and O–H groups in total. The van der Waals surface area contributed by atoms with Crippen molar-refractivity contribution in [2.24, 2.45) is 10.8 Å². The topological polar surface area (TPSA) is 101 Å². The molecule has 1 saturated heterocycles. The smallest absolute Gasteiger partial charge is 0.410 e. The summed E-state index contributed by atoms with van der Waals surface area (Å²) in [5, 5.41) is 12.2. The van der Waals surface area contributed by atoms with Crippen molar-refractivity contribution in [2.75, 3.05) is 32.9 Å². The van der Waals surface area contributed by atoms with Gasteiger partial charge >= 0.3 is 6.09 Å². The van der Waals surface area contributed by atoms with Gasteiger partial charge < -0.3 is 24.4 Å². The van der Waals surface area contributed by atoms with Crippen LogP contribution in [0.25, 0.3) is 0 Å². The molecule has 2 rings (SSSR count). The lowest BCUT2D eigenvalue weighted by molar-refractivity contribution is -0.134. The van der Waals surface area contributed by atoms with Gasteiger partial charge in [-0.25, -0.2) is 4.79 Å². The van der Waals surface area contributed by atoms with Gasteiger partial charge in [-0.15, -0.1) is 0 Å². The number of benzene rings is 1. The Morgan fingerprint density at radius 3 is 2.36 bits per heavy atom. The van der Waals surface area contributed by atoms with Crippen molar-refractivity contribution >= 4 is 12.0 Å². The van der Waals surface area contributed by atoms with E-state index in [4.69, 9.17) is 14.2 Å². The van der Waals surface area contributed by atoms with Crippen LogP contribution in [-0.2, 0) is 25.6 Å². The van der Waals surface area contributed by atoms with E-state index in [1.54, 1.807) is 4.90 Å². The van der Waals surface area contributed by atoms with Crippen LogP contribution in [0.15, 0.2) is 30.3 Å². The Morgan fingerprint density at radius 1 is 1.15 bits per heavy atom. The van der Waals surface area contributed by atoms with Gasteiger partial charge in [0.25, 0.3) is 5.91 Å². The van der Waals surface area contributed by atoms with Crippen molar-refractivity contribution in [3.05, 3.63) is 35.9 Å². The zero-order chi connectivity index (χ0) is 24.5. The standard InChI is InChI=1S/C25H37N3O5/c1-24(2,3)25(4,5)15-21(33-23(30)28-11-13-31-14-12-28)22(29)27-20(16-26)18-32-17-19-9-7-6-8-10-19/h6-10,20-21H,11-15,17-18H2,1-5H3,(H,27,29). The molecule has 2 amide bonds. The molecule has 0 spiro atoms. The molecule has 8 nitrogen and oxygen atoms in total. The second kappa shape index (κ2) is 12.0. The first-order chi connectivity index (χ1) is 15.5. The van der Waals surface area contributed by atoms with Crippen molar-refractivity contribution in [3.8, 4) is 6.07 Å². The molecule has 33 heavy (non-hydrogen) atoms. The van der Waals surface area contributed by atoms with Crippen LogP contribution in [0.4, 0.5) is 4.79 Å². The molecule has 1 aliphatic rings. The normalized spacial score (nSPS) is 16.4. The number of ether oxygens (including phenoxy) is 3. The number of nitrogens with one attached hydrogen (secondary N) is 1. The summed E-state index contributed by atoms with van der Waals surface area (Å²) in [6, 6.07) is 10.8. The van der Waals surface area contributed by atoms with E-state index in [0.717, 1.165) is 5.56 Å². The molecule has 8 heteroatoms. The summed E-state index contributed by atoms with van der Waals surface area (Å²) < 4.78 is 16.6. The number of amides is 2. The minimum Gasteiger partial charge on any atom is -0.436 e. The molecular weight excluding hydrogens is 422 g/mol. The zero-order valence-electron chi connectivity index (χ0n) is 20.4. The SMILES string of the molecule is CC(C)(C)C(C)(C)CC(OC(=O)N1CCOCC1)C(=O)NC(C#N)COCc1ccccc1. The summed E-state index contributed by atoms with van der Waals surface area (Å²) >= 11 is 0. The first-order valence-electron chi connectivity index (χ1n) is 11.4. The summed E-state index contributed by atoms with van der Waals surface area (Å²) in [4.78, 5) is 27.4. The molecule has 2 atom stereocenters. The lowest BCUT2D eigenvalue weighted by atomic mass is 9.66. The monoisotopic (exact) mass is 459 g/mol. The Hall–Kier alpha value is -2.63. The van der Waals surface area contributed by atoms with Gasteiger partial charge in [-0.2, -0.15) is 5.26 Å². The highest BCUT2D eigenvalue weighted by Gasteiger charge is 2.39. The molecule has 1 heterocycles. The lowest BCUT2D eigenvalue weighted by Gasteiger charge is -2.41. The molecule has 1 fully saturated rings. The van der Waals surface area contributed by atoms with Crippen LogP contribution in [0, 0.1) is 22.2 Å². The third-order valence-electron chi connectivity index (χ3n) is 6.40. The van der Waals surface area contributed by atoms with E-state index >= 15 is 0 Å². The third-order valence-corrected chi connectivity index (χ3v) is 6.40. The zero-order valence-corrected chi connectivity index (χ0v) is 20.4. The van der Waals surface area contributed by atoms with Crippen LogP contribution < -0.4 is 5.32 Å². The average Bonchev–Trinajstić information content (AvgIpc) is 2.78. The first-order valence-corrected chi connectivity index (χ1v) is 11.4. The minimum atomic E-state index is -1.03. The molecule has 2 unspecified atom stereocenters. The van der Waals surface area contributed by atoms with Gasteiger partial charge in [0.1, 0.15) is 6.04 Å². The number of hydrogen-bond acceptors (Lipinski definition) is 6. The minimum absolute atomic E-state index is 0.0317. The Labute approximate surface area is 197 Å². The summed E-state index contributed by atoms with van der Waals surface area (Å²) in [5.74, 6) is -0.496. The number of rotatable bonds is 9. The van der Waals surface area contributed by atoms with Crippen molar-refractivity contribution in [1.82, 2.24) is 10.2 Å². The van der Waals surface area contributed by atoms with E-state index in [1.807, 2.05) is 44.2 Å². The molecular formula is C25H37N3O5. The van der Waals surface area contributed by atoms with Crippen LogP contribution >= 0.6 is 0 Å². The third kappa shape index (κ3) is 8.34. The summed E-state index contributed by atoms with van der Waals surface area (Å²) in [6.45, 7) is 12.4. The van der Waals surface area contributed by atoms with Crippen LogP contribution in [0.2, 0.25) is 0 Å². The van der Waals surface area contributed by atoms with E-state index < -0.39 is 24.1 Å². The Balaban J connectivity index is 2.03. The van der Waals surface area contributed by atoms with Gasteiger partial charge in [-0.3, -0.25) is 4.79 Å². The van der Waals surface area contributed by atoms with Crippen LogP contribution in [-0.4, -0.2) is 62.0 Å². The van der Waals surface area contributed by atoms with Gasteiger partial charge in [0.05, 0.1) is 32.5 Å². The van der Waals surface area contributed by atoms with Gasteiger partial charge in [0.2, 0.25) is 0 Å². The fraction of sp³-hybridized carbons (Fsp3) is 0.640. The van der Waals surface area contributed by atoms with Crippen LogP contribution in [0.3, 0.4) is 0 Å². The fourth-order valence-electron chi connectivity index (χ4n) is 3.14. The quantitative estimate of drug-likeness (QED) is 0.606. The molecule has 1 aromatic rings. The molecule has 0 radical (unpaired) electrons. The maximum atomic E-state index is 13.1. The van der Waals surface area contributed by atoms with Crippen molar-refractivity contribution in [2.45, 2.75) is 59.8 Å². The number of morpholine rings is 1. The van der Waals surface area contributed by atoms with Crippen LogP contribution in [0.1, 0.15) is 46.6 Å². The number of hydrogen-bond donors (Lipinski definition) is 1. The molecule has 1 aliphatic heterocycles. The highest BCUT2D eigenvalue weighted by atomic mass is 16.6. The second-order valence-corrected chi connectivity index (χ2v) is 10.0. The maximum Gasteiger partial charge on any atom is 0.410 e. The molecule has 182 valence electrons. The summed E-state index contributed by atoms with van der Waals surface area (Å²) in [6.07, 6.45) is -1.25. The first kappa shape index (κ1) is 26.6.